The van der Waals surface area contributed by atoms with Gasteiger partial charge in [0.15, 0.2) is 0 Å². The lowest BCUT2D eigenvalue weighted by Gasteiger charge is -2.20. The van der Waals surface area contributed by atoms with E-state index in [0.29, 0.717) is 0 Å². The number of benzene rings is 11. The molecule has 14 aromatic rings. The molecular weight excluding hydrogens is 897 g/mol. The van der Waals surface area contributed by atoms with Crippen molar-refractivity contribution in [3.63, 3.8) is 0 Å². The number of fused-ring (bicyclic) bond motifs is 9. The summed E-state index contributed by atoms with van der Waals surface area (Å²) in [7, 11) is -1.65. The lowest BCUT2D eigenvalue weighted by atomic mass is 10.1. The van der Waals surface area contributed by atoms with Crippen molar-refractivity contribution in [1.82, 2.24) is 13.7 Å². The van der Waals surface area contributed by atoms with E-state index in [2.05, 4.69) is 287 Å². The number of aromatic nitrogens is 3. The lowest BCUT2D eigenvalue weighted by Crippen LogP contribution is -2.20. The van der Waals surface area contributed by atoms with Gasteiger partial charge in [-0.25, -0.2) is 0 Å². The molecule has 5 heteroatoms. The van der Waals surface area contributed by atoms with Gasteiger partial charge < -0.3 is 13.7 Å². The lowest BCUT2D eigenvalue weighted by molar-refractivity contribution is 1.16. The van der Waals surface area contributed by atoms with Crippen LogP contribution in [-0.2, 0) is 0 Å². The molecule has 0 saturated carbocycles. The number of rotatable bonds is 9. The molecule has 0 atom stereocenters. The topological polar surface area (TPSA) is 14.8 Å². The minimum Gasteiger partial charge on any atom is -0.309 e. The third kappa shape index (κ3) is 6.96. The third-order valence-corrected chi connectivity index (χ3v) is 19.0. The molecule has 0 bridgehead atoms. The van der Waals surface area contributed by atoms with E-state index in [0.717, 1.165) is 17.1 Å². The number of hydrogen-bond acceptors (Lipinski definition) is 0. The molecule has 11 aromatic carbocycles. The monoisotopic (exact) mass is 941 g/mol. The Morgan fingerprint density at radius 3 is 0.845 bits per heavy atom. The quantitative estimate of drug-likeness (QED) is 0.128. The molecule has 0 aliphatic heterocycles. The van der Waals surface area contributed by atoms with Crippen molar-refractivity contribution < 1.29 is 0 Å². The van der Waals surface area contributed by atoms with Gasteiger partial charge in [0, 0.05) is 49.4 Å². The zero-order chi connectivity index (χ0) is 46.8. The fourth-order valence-corrected chi connectivity index (χ4v) is 15.7. The molecule has 0 amide bonds. The van der Waals surface area contributed by atoms with Gasteiger partial charge in [0.1, 0.15) is 0 Å². The smallest absolute Gasteiger partial charge is 0.0542 e. The number of para-hydroxylation sites is 3. The summed E-state index contributed by atoms with van der Waals surface area (Å²) >= 11 is 0. The molecule has 0 fully saturated rings. The van der Waals surface area contributed by atoms with Crippen molar-refractivity contribution in [2.75, 3.05) is 0 Å². The van der Waals surface area contributed by atoms with E-state index in [4.69, 9.17) is 0 Å². The van der Waals surface area contributed by atoms with Crippen molar-refractivity contribution in [1.29, 1.82) is 0 Å². The summed E-state index contributed by atoms with van der Waals surface area (Å²) in [5.74, 6) is 0. The summed E-state index contributed by atoms with van der Waals surface area (Å²) in [5, 5.41) is 15.5. The summed E-state index contributed by atoms with van der Waals surface area (Å²) in [4.78, 5) is 0. The number of hydrogen-bond donors (Lipinski definition) is 0. The van der Waals surface area contributed by atoms with Crippen LogP contribution in [0.15, 0.2) is 273 Å². The molecule has 0 aliphatic carbocycles. The van der Waals surface area contributed by atoms with Gasteiger partial charge in [0.05, 0.1) is 33.1 Å². The zero-order valence-electron chi connectivity index (χ0n) is 38.7. The van der Waals surface area contributed by atoms with Crippen LogP contribution in [0, 0.1) is 0 Å². The Morgan fingerprint density at radius 1 is 0.183 bits per heavy atom. The van der Waals surface area contributed by atoms with Gasteiger partial charge >= 0.3 is 0 Å². The average Bonchev–Trinajstić information content (AvgIpc) is 4.07. The molecule has 14 rings (SSSR count). The summed E-state index contributed by atoms with van der Waals surface area (Å²) < 4.78 is 7.38. The second kappa shape index (κ2) is 17.3. The largest absolute Gasteiger partial charge is 0.309 e. The maximum absolute atomic E-state index is 2.51. The predicted molar refractivity (Wildman–Crippen MR) is 307 cm³/mol. The minimum absolute atomic E-state index is 0.826. The van der Waals surface area contributed by atoms with Crippen LogP contribution >= 0.6 is 15.8 Å². The van der Waals surface area contributed by atoms with Crippen molar-refractivity contribution in [2.45, 2.75) is 0 Å². The van der Waals surface area contributed by atoms with Crippen LogP contribution in [0.25, 0.3) is 82.5 Å². The normalized spacial score (nSPS) is 11.9. The molecule has 334 valence electrons. The summed E-state index contributed by atoms with van der Waals surface area (Å²) in [6, 6.07) is 101. The first-order valence-electron chi connectivity index (χ1n) is 24.3. The van der Waals surface area contributed by atoms with Crippen LogP contribution < -0.4 is 31.8 Å². The van der Waals surface area contributed by atoms with Crippen molar-refractivity contribution >= 4 is 113 Å². The molecule has 3 aromatic heterocycles. The second-order valence-electron chi connectivity index (χ2n) is 18.2. The standard InChI is InChI=1S/C66H45N3P2/c1-6-20-46(21-7-1)67-63-38-34-47(68-61-32-18-16-30-55(61)56-31-17-19-33-62(56)68)42-57(63)58-43-48(35-39-64(58)67)69-65-40-36-53(70(49-22-8-2-9-23-49)50-24-10-3-11-25-50)44-59(65)60-45-54(37-41-66(60)69)71(51-26-12-4-13-27-51)52-28-14-5-15-29-52/h1-45H. The Bertz CT molecular complexity index is 4000. The van der Waals surface area contributed by atoms with E-state index in [-0.39, 0.29) is 0 Å². The Morgan fingerprint density at radius 2 is 0.465 bits per heavy atom. The first-order chi connectivity index (χ1) is 35.2. The van der Waals surface area contributed by atoms with E-state index < -0.39 is 15.8 Å². The van der Waals surface area contributed by atoms with Gasteiger partial charge in [-0.05, 0) is 133 Å². The van der Waals surface area contributed by atoms with Crippen LogP contribution in [-0.4, -0.2) is 13.7 Å². The van der Waals surface area contributed by atoms with Crippen LogP contribution in [0.1, 0.15) is 0 Å². The molecule has 71 heavy (non-hydrogen) atoms. The third-order valence-electron chi connectivity index (χ3n) is 14.1. The maximum atomic E-state index is 2.51. The fraction of sp³-hybridized carbons (Fsp3) is 0. The Balaban J connectivity index is 1.03. The summed E-state index contributed by atoms with van der Waals surface area (Å²) in [6.07, 6.45) is 0. The van der Waals surface area contributed by atoms with E-state index >= 15 is 0 Å². The van der Waals surface area contributed by atoms with Gasteiger partial charge in [-0.1, -0.05) is 188 Å². The van der Waals surface area contributed by atoms with Gasteiger partial charge in [-0.2, -0.15) is 0 Å². The van der Waals surface area contributed by atoms with Gasteiger partial charge in [-0.3, -0.25) is 0 Å². The highest BCUT2D eigenvalue weighted by atomic mass is 31.1. The average molecular weight is 942 g/mol. The Hall–Kier alpha value is -8.32. The fourth-order valence-electron chi connectivity index (χ4n) is 11.1. The zero-order valence-corrected chi connectivity index (χ0v) is 40.5. The molecule has 3 heterocycles. The van der Waals surface area contributed by atoms with E-state index in [9.17, 15) is 0 Å². The van der Waals surface area contributed by atoms with Gasteiger partial charge in [0.2, 0.25) is 0 Å². The van der Waals surface area contributed by atoms with Crippen LogP contribution in [0.5, 0.6) is 0 Å². The molecular formula is C66H45N3P2. The van der Waals surface area contributed by atoms with Crippen molar-refractivity contribution in [3.05, 3.63) is 273 Å². The van der Waals surface area contributed by atoms with Crippen molar-refractivity contribution in [3.8, 4) is 17.1 Å². The highest BCUT2D eigenvalue weighted by Crippen LogP contribution is 2.42. The molecule has 0 radical (unpaired) electrons. The summed E-state index contributed by atoms with van der Waals surface area (Å²) in [6.45, 7) is 0. The molecule has 0 unspecified atom stereocenters. The van der Waals surface area contributed by atoms with Crippen molar-refractivity contribution in [2.24, 2.45) is 0 Å². The van der Waals surface area contributed by atoms with Gasteiger partial charge in [-0.15, -0.1) is 0 Å². The molecule has 0 aliphatic rings. The van der Waals surface area contributed by atoms with Crippen LogP contribution in [0.3, 0.4) is 0 Å². The van der Waals surface area contributed by atoms with E-state index in [1.807, 2.05) is 0 Å². The Kier molecular flexibility index (Phi) is 10.1. The molecule has 0 spiro atoms. The van der Waals surface area contributed by atoms with E-state index in [1.54, 1.807) is 0 Å². The van der Waals surface area contributed by atoms with E-state index in [1.165, 1.54) is 97.2 Å². The summed E-state index contributed by atoms with van der Waals surface area (Å²) in [5.41, 5.74) is 10.6. The van der Waals surface area contributed by atoms with Crippen LogP contribution in [0.2, 0.25) is 0 Å². The highest BCUT2D eigenvalue weighted by molar-refractivity contribution is 7.80. The first-order valence-corrected chi connectivity index (χ1v) is 26.9. The number of nitrogens with zero attached hydrogens (tertiary/aromatic N) is 3. The molecule has 0 saturated heterocycles. The highest BCUT2D eigenvalue weighted by Gasteiger charge is 2.24. The molecule has 0 N–H and O–H groups in total. The van der Waals surface area contributed by atoms with Gasteiger partial charge in [0.25, 0.3) is 0 Å². The second-order valence-corrected chi connectivity index (χ2v) is 22.6. The predicted octanol–water partition coefficient (Wildman–Crippen LogP) is 14.5. The first kappa shape index (κ1) is 41.6. The Labute approximate surface area is 414 Å². The van der Waals surface area contributed by atoms with Crippen LogP contribution in [0.4, 0.5) is 0 Å². The SMILES string of the molecule is c1ccc(-n2c3ccc(-n4c5ccccc5c5ccccc54)cc3c3cc(-n4c5ccc(P(c6ccccc6)c6ccccc6)cc5c5cc(P(c6ccccc6)c6ccccc6)ccc54)ccc32)cc1. The minimum atomic E-state index is -0.826. The maximum Gasteiger partial charge on any atom is 0.0542 e. The molecule has 3 nitrogen and oxygen atoms in total.